The van der Waals surface area contributed by atoms with E-state index in [1.165, 1.54) is 32.9 Å². The number of hydrogen-bond acceptors (Lipinski definition) is 5. The molecule has 0 aliphatic carbocycles. The molecule has 1 atom stereocenters. The van der Waals surface area contributed by atoms with E-state index in [-0.39, 0.29) is 28.1 Å². The lowest BCUT2D eigenvalue weighted by atomic mass is 10.1. The van der Waals surface area contributed by atoms with Crippen LogP contribution in [0.2, 0.25) is 0 Å². The van der Waals surface area contributed by atoms with Crippen LogP contribution >= 0.6 is 12.4 Å². The van der Waals surface area contributed by atoms with Crippen LogP contribution in [-0.2, 0) is 20.0 Å². The summed E-state index contributed by atoms with van der Waals surface area (Å²) in [4.78, 5) is 0.110. The van der Waals surface area contributed by atoms with Gasteiger partial charge in [0.15, 0.2) is 0 Å². The second-order valence-electron chi connectivity index (χ2n) is 6.66. The Balaban J connectivity index is 0.00000243. The fourth-order valence-electron chi connectivity index (χ4n) is 3.49. The highest BCUT2D eigenvalue weighted by atomic mass is 35.5. The number of halogens is 1. The second-order valence-corrected chi connectivity index (χ2v) is 10.5. The van der Waals surface area contributed by atoms with Crippen LogP contribution in [0.15, 0.2) is 34.1 Å². The maximum Gasteiger partial charge on any atom is 0.243 e. The third-order valence-corrected chi connectivity index (χ3v) is 8.64. The first kappa shape index (κ1) is 21.6. The van der Waals surface area contributed by atoms with Crippen molar-refractivity contribution in [3.63, 3.8) is 0 Å². The molecule has 1 N–H and O–H groups in total. The zero-order valence-electron chi connectivity index (χ0n) is 14.8. The van der Waals surface area contributed by atoms with E-state index in [1.807, 2.05) is 7.05 Å². The zero-order chi connectivity index (χ0) is 18.1. The van der Waals surface area contributed by atoms with E-state index in [2.05, 4.69) is 5.32 Å². The zero-order valence-corrected chi connectivity index (χ0v) is 17.2. The molecule has 148 valence electrons. The summed E-state index contributed by atoms with van der Waals surface area (Å²) in [5.74, 6) is 0.288. The standard InChI is InChI=1S/C16H25N3O4S2.ClH/c1-17-12-14-7-10-19(13-14)25(22,23)16-6-4-5-15(11-16)24(20,21)18-8-2-3-9-18;/h4-6,11,14,17H,2-3,7-10,12-13H2,1H3;1H. The van der Waals surface area contributed by atoms with Gasteiger partial charge in [-0.2, -0.15) is 8.61 Å². The summed E-state index contributed by atoms with van der Waals surface area (Å²) in [6.45, 7) is 2.70. The number of benzene rings is 1. The minimum Gasteiger partial charge on any atom is -0.319 e. The quantitative estimate of drug-likeness (QED) is 0.740. The fraction of sp³-hybridized carbons (Fsp3) is 0.625. The molecule has 2 heterocycles. The normalized spacial score (nSPS) is 22.4. The minimum atomic E-state index is -3.67. The van der Waals surface area contributed by atoms with Crippen molar-refractivity contribution in [2.75, 3.05) is 39.8 Å². The van der Waals surface area contributed by atoms with Crippen LogP contribution in [0.3, 0.4) is 0 Å². The third-order valence-electron chi connectivity index (χ3n) is 4.89. The van der Waals surface area contributed by atoms with Crippen molar-refractivity contribution in [3.8, 4) is 0 Å². The van der Waals surface area contributed by atoms with Gasteiger partial charge in [0.25, 0.3) is 0 Å². The Bertz CT molecular complexity index is 824. The maximum absolute atomic E-state index is 12.9. The van der Waals surface area contributed by atoms with Gasteiger partial charge in [-0.15, -0.1) is 12.4 Å². The predicted octanol–water partition coefficient (Wildman–Crippen LogP) is 1.12. The van der Waals surface area contributed by atoms with Gasteiger partial charge in [0, 0.05) is 26.2 Å². The summed E-state index contributed by atoms with van der Waals surface area (Å²) < 4.78 is 54.0. The van der Waals surface area contributed by atoms with Crippen LogP contribution < -0.4 is 5.32 Å². The largest absolute Gasteiger partial charge is 0.319 e. The summed E-state index contributed by atoms with van der Waals surface area (Å²) in [6, 6.07) is 5.76. The third kappa shape index (κ3) is 4.23. The van der Waals surface area contributed by atoms with Gasteiger partial charge in [0.05, 0.1) is 9.79 Å². The first-order valence-corrected chi connectivity index (χ1v) is 11.5. The Hall–Kier alpha value is -0.710. The maximum atomic E-state index is 12.9. The molecule has 0 bridgehead atoms. The van der Waals surface area contributed by atoms with E-state index >= 15 is 0 Å². The molecule has 2 aliphatic rings. The first-order chi connectivity index (χ1) is 11.9. The lowest BCUT2D eigenvalue weighted by Gasteiger charge is -2.19. The van der Waals surface area contributed by atoms with Crippen molar-refractivity contribution in [1.29, 1.82) is 0 Å². The molecule has 7 nitrogen and oxygen atoms in total. The van der Waals surface area contributed by atoms with E-state index in [9.17, 15) is 16.8 Å². The van der Waals surface area contributed by atoms with Gasteiger partial charge in [-0.1, -0.05) is 6.07 Å². The molecule has 2 saturated heterocycles. The highest BCUT2D eigenvalue weighted by molar-refractivity contribution is 7.90. The van der Waals surface area contributed by atoms with Gasteiger partial charge in [-0.05, 0) is 57.0 Å². The molecule has 0 saturated carbocycles. The molecule has 2 aliphatic heterocycles. The molecule has 10 heteroatoms. The van der Waals surface area contributed by atoms with Crippen LogP contribution in [0, 0.1) is 5.92 Å². The SMILES string of the molecule is CNCC1CCN(S(=O)(=O)c2cccc(S(=O)(=O)N3CCCC3)c2)C1.Cl. The fourth-order valence-corrected chi connectivity index (χ4v) is 6.71. The average Bonchev–Trinajstić information content (AvgIpc) is 3.27. The van der Waals surface area contributed by atoms with E-state index in [0.717, 1.165) is 25.8 Å². The number of nitrogens with zero attached hydrogens (tertiary/aromatic N) is 2. The molecule has 0 spiro atoms. The Kier molecular flexibility index (Phi) is 7.09. The van der Waals surface area contributed by atoms with Gasteiger partial charge < -0.3 is 5.32 Å². The summed E-state index contributed by atoms with van der Waals surface area (Å²) in [5, 5.41) is 3.08. The topological polar surface area (TPSA) is 86.8 Å². The van der Waals surface area contributed by atoms with Crippen molar-refractivity contribution >= 4 is 32.5 Å². The van der Waals surface area contributed by atoms with E-state index < -0.39 is 20.0 Å². The van der Waals surface area contributed by atoms with E-state index in [1.54, 1.807) is 0 Å². The molecule has 0 radical (unpaired) electrons. The highest BCUT2D eigenvalue weighted by Crippen LogP contribution is 2.27. The van der Waals surface area contributed by atoms with Crippen LogP contribution in [-0.4, -0.2) is 65.2 Å². The molecule has 1 aromatic carbocycles. The van der Waals surface area contributed by atoms with Gasteiger partial charge in [-0.3, -0.25) is 0 Å². The number of nitrogens with one attached hydrogen (secondary N) is 1. The Labute approximate surface area is 162 Å². The number of hydrogen-bond donors (Lipinski definition) is 1. The van der Waals surface area contributed by atoms with Gasteiger partial charge in [0.1, 0.15) is 0 Å². The Morgan fingerprint density at radius 3 is 2.15 bits per heavy atom. The lowest BCUT2D eigenvalue weighted by molar-refractivity contribution is 0.451. The molecule has 1 unspecified atom stereocenters. The second kappa shape index (κ2) is 8.53. The summed E-state index contributed by atoms with van der Waals surface area (Å²) in [5.41, 5.74) is 0. The van der Waals surface area contributed by atoms with Crippen LogP contribution in [0.1, 0.15) is 19.3 Å². The average molecular weight is 424 g/mol. The van der Waals surface area contributed by atoms with Crippen LogP contribution in [0.5, 0.6) is 0 Å². The number of rotatable bonds is 6. The van der Waals surface area contributed by atoms with Crippen molar-refractivity contribution in [2.24, 2.45) is 5.92 Å². The monoisotopic (exact) mass is 423 g/mol. The summed E-state index contributed by atoms with van der Waals surface area (Å²) in [7, 11) is -5.45. The Morgan fingerprint density at radius 2 is 1.58 bits per heavy atom. The molecule has 0 aromatic heterocycles. The Morgan fingerprint density at radius 1 is 1.00 bits per heavy atom. The predicted molar refractivity (Wildman–Crippen MR) is 102 cm³/mol. The molecule has 2 fully saturated rings. The smallest absolute Gasteiger partial charge is 0.243 e. The van der Waals surface area contributed by atoms with Gasteiger partial charge >= 0.3 is 0 Å². The van der Waals surface area contributed by atoms with E-state index in [0.29, 0.717) is 26.2 Å². The van der Waals surface area contributed by atoms with Crippen molar-refractivity contribution in [1.82, 2.24) is 13.9 Å². The molecular weight excluding hydrogens is 398 g/mol. The first-order valence-electron chi connectivity index (χ1n) is 8.60. The molecule has 0 amide bonds. The summed E-state index contributed by atoms with van der Waals surface area (Å²) in [6.07, 6.45) is 2.50. The molecule has 1 aromatic rings. The van der Waals surface area contributed by atoms with Crippen LogP contribution in [0.4, 0.5) is 0 Å². The van der Waals surface area contributed by atoms with Crippen molar-refractivity contribution in [3.05, 3.63) is 24.3 Å². The molecule has 3 rings (SSSR count). The minimum absolute atomic E-state index is 0. The highest BCUT2D eigenvalue weighted by Gasteiger charge is 2.33. The summed E-state index contributed by atoms with van der Waals surface area (Å²) >= 11 is 0. The lowest BCUT2D eigenvalue weighted by Crippen LogP contribution is -2.31. The van der Waals surface area contributed by atoms with E-state index in [4.69, 9.17) is 0 Å². The molecular formula is C16H26ClN3O4S2. The molecule has 26 heavy (non-hydrogen) atoms. The van der Waals surface area contributed by atoms with Gasteiger partial charge in [0.2, 0.25) is 20.0 Å². The van der Waals surface area contributed by atoms with Gasteiger partial charge in [-0.25, -0.2) is 16.8 Å². The van der Waals surface area contributed by atoms with Crippen molar-refractivity contribution < 1.29 is 16.8 Å². The van der Waals surface area contributed by atoms with Crippen LogP contribution in [0.25, 0.3) is 0 Å². The number of sulfonamides is 2. The van der Waals surface area contributed by atoms with Crippen molar-refractivity contribution in [2.45, 2.75) is 29.1 Å².